The molecule has 0 aromatic rings. The minimum Gasteiger partial charge on any atom is -0.393 e. The fraction of sp³-hybridized carbons (Fsp3) is 0.941. The molecular weight excluding hydrogens is 280 g/mol. The van der Waals surface area contributed by atoms with Crippen molar-refractivity contribution < 1.29 is 14.6 Å². The Morgan fingerprint density at radius 2 is 1.91 bits per heavy atom. The van der Waals surface area contributed by atoms with Gasteiger partial charge in [0.25, 0.3) is 0 Å². The number of hydrogen-bond acceptors (Lipinski definition) is 4. The van der Waals surface area contributed by atoms with Gasteiger partial charge in [-0.25, -0.2) is 0 Å². The molecule has 2 saturated carbocycles. The maximum atomic E-state index is 12.3. The Kier molecular flexibility index (Phi) is 3.70. The lowest BCUT2D eigenvalue weighted by Gasteiger charge is -2.53. The average Bonchev–Trinajstić information content (AvgIpc) is 3.15. The summed E-state index contributed by atoms with van der Waals surface area (Å²) >= 11 is 0. The zero-order valence-corrected chi connectivity index (χ0v) is 13.5. The monoisotopic (exact) mass is 308 g/mol. The molecular formula is C17H28N2O3. The first-order chi connectivity index (χ1) is 10.6. The first-order valence-electron chi connectivity index (χ1n) is 8.81. The maximum Gasteiger partial charge on any atom is 0.226 e. The van der Waals surface area contributed by atoms with E-state index in [1.165, 1.54) is 12.8 Å². The second-order valence-electron chi connectivity index (χ2n) is 8.17. The van der Waals surface area contributed by atoms with E-state index in [0.29, 0.717) is 18.8 Å². The highest BCUT2D eigenvalue weighted by Crippen LogP contribution is 2.41. The molecule has 1 N–H and O–H groups in total. The number of carbonyl (C=O) groups is 1. The molecule has 4 aliphatic rings. The number of likely N-dealkylation sites (tertiary alicyclic amines) is 2. The summed E-state index contributed by atoms with van der Waals surface area (Å²) < 4.78 is 5.87. The van der Waals surface area contributed by atoms with E-state index in [1.807, 2.05) is 4.90 Å². The SMILES string of the molecule is CN1C[C@@H](COCC2CC2)CC12CN(C(=O)C1CC(O)C1)C2. The Bertz CT molecular complexity index is 439. The van der Waals surface area contributed by atoms with Crippen molar-refractivity contribution in [2.75, 3.05) is 39.9 Å². The van der Waals surface area contributed by atoms with Crippen LogP contribution in [0.4, 0.5) is 0 Å². The van der Waals surface area contributed by atoms with E-state index in [1.54, 1.807) is 0 Å². The zero-order chi connectivity index (χ0) is 15.3. The first-order valence-corrected chi connectivity index (χ1v) is 8.81. The summed E-state index contributed by atoms with van der Waals surface area (Å²) in [7, 11) is 2.19. The van der Waals surface area contributed by atoms with Gasteiger partial charge in [-0.05, 0) is 51.0 Å². The van der Waals surface area contributed by atoms with Crippen molar-refractivity contribution in [3.63, 3.8) is 0 Å². The third-order valence-corrected chi connectivity index (χ3v) is 6.16. The molecule has 2 aliphatic heterocycles. The third kappa shape index (κ3) is 2.68. The van der Waals surface area contributed by atoms with Crippen molar-refractivity contribution in [1.82, 2.24) is 9.80 Å². The van der Waals surface area contributed by atoms with Gasteiger partial charge in [-0.2, -0.15) is 0 Å². The largest absolute Gasteiger partial charge is 0.393 e. The van der Waals surface area contributed by atoms with E-state index >= 15 is 0 Å². The molecule has 2 saturated heterocycles. The van der Waals surface area contributed by atoms with Gasteiger partial charge in [0.1, 0.15) is 0 Å². The lowest BCUT2D eigenvalue weighted by Crippen LogP contribution is -2.69. The van der Waals surface area contributed by atoms with Crippen LogP contribution in [0.25, 0.3) is 0 Å². The topological polar surface area (TPSA) is 53.0 Å². The number of aliphatic hydroxyl groups excluding tert-OH is 1. The van der Waals surface area contributed by atoms with Gasteiger partial charge in [-0.1, -0.05) is 0 Å². The van der Waals surface area contributed by atoms with Crippen LogP contribution < -0.4 is 0 Å². The minimum absolute atomic E-state index is 0.0803. The van der Waals surface area contributed by atoms with Crippen molar-refractivity contribution in [1.29, 1.82) is 0 Å². The maximum absolute atomic E-state index is 12.3. The number of amides is 1. The van der Waals surface area contributed by atoms with E-state index < -0.39 is 0 Å². The molecule has 124 valence electrons. The molecule has 1 amide bonds. The number of hydrogen-bond donors (Lipinski definition) is 1. The summed E-state index contributed by atoms with van der Waals surface area (Å²) in [6.45, 7) is 4.66. The molecule has 5 heteroatoms. The average molecular weight is 308 g/mol. The molecule has 1 spiro atoms. The Morgan fingerprint density at radius 1 is 1.23 bits per heavy atom. The second kappa shape index (κ2) is 5.46. The van der Waals surface area contributed by atoms with Crippen LogP contribution in [0, 0.1) is 17.8 Å². The van der Waals surface area contributed by atoms with E-state index in [2.05, 4.69) is 11.9 Å². The van der Waals surface area contributed by atoms with Crippen LogP contribution in [0.2, 0.25) is 0 Å². The molecule has 0 aromatic heterocycles. The van der Waals surface area contributed by atoms with Crippen molar-refractivity contribution in [2.24, 2.45) is 17.8 Å². The predicted octanol–water partition coefficient (Wildman–Crippen LogP) is 0.717. The summed E-state index contributed by atoms with van der Waals surface area (Å²) in [4.78, 5) is 16.7. The molecule has 0 bridgehead atoms. The number of nitrogens with zero attached hydrogens (tertiary/aromatic N) is 2. The number of ether oxygens (including phenoxy) is 1. The molecule has 0 radical (unpaired) electrons. The fourth-order valence-electron chi connectivity index (χ4n) is 4.37. The van der Waals surface area contributed by atoms with Gasteiger partial charge in [0.05, 0.1) is 18.2 Å². The zero-order valence-electron chi connectivity index (χ0n) is 13.5. The van der Waals surface area contributed by atoms with Gasteiger partial charge < -0.3 is 14.7 Å². The molecule has 22 heavy (non-hydrogen) atoms. The van der Waals surface area contributed by atoms with Crippen LogP contribution in [0.3, 0.4) is 0 Å². The van der Waals surface area contributed by atoms with Crippen LogP contribution in [0.1, 0.15) is 32.1 Å². The van der Waals surface area contributed by atoms with Crippen molar-refractivity contribution in [3.8, 4) is 0 Å². The fourth-order valence-corrected chi connectivity index (χ4v) is 4.37. The molecule has 4 fully saturated rings. The van der Waals surface area contributed by atoms with Crippen molar-refractivity contribution in [3.05, 3.63) is 0 Å². The highest BCUT2D eigenvalue weighted by Gasteiger charge is 2.54. The highest BCUT2D eigenvalue weighted by molar-refractivity contribution is 5.81. The first kappa shape index (κ1) is 14.9. The number of likely N-dealkylation sites (N-methyl/N-ethyl adjacent to an activating group) is 1. The molecule has 0 unspecified atom stereocenters. The van der Waals surface area contributed by atoms with Gasteiger partial charge in [0.15, 0.2) is 0 Å². The number of carbonyl (C=O) groups excluding carboxylic acids is 1. The van der Waals surface area contributed by atoms with Gasteiger partial charge >= 0.3 is 0 Å². The summed E-state index contributed by atoms with van der Waals surface area (Å²) in [6.07, 6.45) is 4.94. The standard InChI is InChI=1S/C17H28N2O3/c1-18-7-13(9-22-8-12-2-3-12)6-17(18)10-19(11-17)16(21)14-4-15(20)5-14/h12-15,20H,2-11H2,1H3/t13-,14?,15?/m0/s1. The molecule has 4 rings (SSSR count). The Labute approximate surface area is 132 Å². The normalized spacial score (nSPS) is 37.2. The number of rotatable bonds is 5. The second-order valence-corrected chi connectivity index (χ2v) is 8.17. The van der Waals surface area contributed by atoms with Gasteiger partial charge in [-0.3, -0.25) is 9.69 Å². The lowest BCUT2D eigenvalue weighted by molar-refractivity contribution is -0.154. The van der Waals surface area contributed by atoms with E-state index in [9.17, 15) is 9.90 Å². The van der Waals surface area contributed by atoms with E-state index in [-0.39, 0.29) is 23.5 Å². The van der Waals surface area contributed by atoms with Crippen LogP contribution in [0.15, 0.2) is 0 Å². The highest BCUT2D eigenvalue weighted by atomic mass is 16.5. The van der Waals surface area contributed by atoms with E-state index in [4.69, 9.17) is 4.74 Å². The summed E-state index contributed by atoms with van der Waals surface area (Å²) in [6, 6.07) is 0. The van der Waals surface area contributed by atoms with Crippen molar-refractivity contribution >= 4 is 5.91 Å². The van der Waals surface area contributed by atoms with Crippen molar-refractivity contribution in [2.45, 2.75) is 43.7 Å². The van der Waals surface area contributed by atoms with Crippen LogP contribution in [-0.4, -0.2) is 72.4 Å². The Hall–Kier alpha value is -0.650. The van der Waals surface area contributed by atoms with Crippen LogP contribution in [0.5, 0.6) is 0 Å². The summed E-state index contributed by atoms with van der Waals surface area (Å²) in [5.41, 5.74) is 0.200. The summed E-state index contributed by atoms with van der Waals surface area (Å²) in [5.74, 6) is 1.80. The predicted molar refractivity (Wildman–Crippen MR) is 82.3 cm³/mol. The minimum atomic E-state index is -0.244. The van der Waals surface area contributed by atoms with Crippen LogP contribution >= 0.6 is 0 Å². The summed E-state index contributed by atoms with van der Waals surface area (Å²) in [5, 5.41) is 9.35. The molecule has 2 aliphatic carbocycles. The Morgan fingerprint density at radius 3 is 2.55 bits per heavy atom. The smallest absolute Gasteiger partial charge is 0.226 e. The lowest BCUT2D eigenvalue weighted by atomic mass is 9.78. The third-order valence-electron chi connectivity index (χ3n) is 6.16. The van der Waals surface area contributed by atoms with Gasteiger partial charge in [0.2, 0.25) is 5.91 Å². The van der Waals surface area contributed by atoms with Gasteiger partial charge in [0, 0.05) is 32.2 Å². The molecule has 5 nitrogen and oxygen atoms in total. The van der Waals surface area contributed by atoms with Crippen LogP contribution in [-0.2, 0) is 9.53 Å². The molecule has 1 atom stereocenters. The van der Waals surface area contributed by atoms with Gasteiger partial charge in [-0.15, -0.1) is 0 Å². The quantitative estimate of drug-likeness (QED) is 0.813. The molecule has 2 heterocycles. The molecule has 0 aromatic carbocycles. The van der Waals surface area contributed by atoms with E-state index in [0.717, 1.165) is 45.2 Å². The number of aliphatic hydroxyl groups is 1. The Balaban J connectivity index is 1.23.